The zero-order chi connectivity index (χ0) is 18.4. The fourth-order valence-electron chi connectivity index (χ4n) is 2.15. The Morgan fingerprint density at radius 3 is 2.77 bits per heavy atom. The molecule has 0 fully saturated rings. The molecule has 8 heteroatoms. The van der Waals surface area contributed by atoms with Gasteiger partial charge in [0.25, 0.3) is 0 Å². The highest BCUT2D eigenvalue weighted by Crippen LogP contribution is 2.19. The molecular weight excluding hydrogens is 372 g/mol. The number of ether oxygens (including phenoxy) is 1. The van der Waals surface area contributed by atoms with Crippen LogP contribution in [-0.2, 0) is 18.4 Å². The van der Waals surface area contributed by atoms with Gasteiger partial charge in [0.2, 0.25) is 5.91 Å². The lowest BCUT2D eigenvalue weighted by Gasteiger charge is -2.07. The fraction of sp³-hybridized carbons (Fsp3) is 0.167. The predicted molar refractivity (Wildman–Crippen MR) is 103 cm³/mol. The third kappa shape index (κ3) is 5.00. The highest BCUT2D eigenvalue weighted by Gasteiger charge is 2.12. The summed E-state index contributed by atoms with van der Waals surface area (Å²) in [7, 11) is 1.85. The van der Waals surface area contributed by atoms with E-state index in [1.807, 2.05) is 41.9 Å². The predicted octanol–water partition coefficient (Wildman–Crippen LogP) is 3.78. The number of nitrogens with one attached hydrogen (secondary N) is 1. The first-order valence-corrected chi connectivity index (χ1v) is 9.22. The Hall–Kier alpha value is -2.51. The molecule has 0 radical (unpaired) electrons. The van der Waals surface area contributed by atoms with Crippen LogP contribution < -0.4 is 10.1 Å². The van der Waals surface area contributed by atoms with Crippen LogP contribution in [0.3, 0.4) is 0 Å². The largest absolute Gasteiger partial charge is 0.486 e. The highest BCUT2D eigenvalue weighted by molar-refractivity contribution is 7.99. The number of hydrogen-bond acceptors (Lipinski definition) is 5. The lowest BCUT2D eigenvalue weighted by atomic mass is 10.3. The van der Waals surface area contributed by atoms with E-state index < -0.39 is 0 Å². The van der Waals surface area contributed by atoms with Gasteiger partial charge in [-0.2, -0.15) is 0 Å². The van der Waals surface area contributed by atoms with E-state index in [0.717, 1.165) is 5.75 Å². The molecule has 0 aliphatic heterocycles. The van der Waals surface area contributed by atoms with Crippen LogP contribution in [0.1, 0.15) is 5.82 Å². The molecule has 6 nitrogen and oxygen atoms in total. The number of benzene rings is 2. The molecule has 0 saturated heterocycles. The molecule has 1 N–H and O–H groups in total. The van der Waals surface area contributed by atoms with Crippen molar-refractivity contribution >= 4 is 35.0 Å². The minimum absolute atomic E-state index is 0.137. The maximum absolute atomic E-state index is 12.1. The first-order valence-electron chi connectivity index (χ1n) is 7.86. The zero-order valence-electron chi connectivity index (χ0n) is 14.1. The monoisotopic (exact) mass is 388 g/mol. The Labute approximate surface area is 160 Å². The van der Waals surface area contributed by atoms with Gasteiger partial charge >= 0.3 is 0 Å². The molecule has 134 valence electrons. The first kappa shape index (κ1) is 18.3. The molecule has 0 spiro atoms. The Kier molecular flexibility index (Phi) is 6.14. The van der Waals surface area contributed by atoms with Crippen LogP contribution in [0.2, 0.25) is 5.02 Å². The lowest BCUT2D eigenvalue weighted by Crippen LogP contribution is -2.14. The second-order valence-electron chi connectivity index (χ2n) is 5.41. The molecule has 0 saturated carbocycles. The van der Waals surface area contributed by atoms with E-state index in [4.69, 9.17) is 16.3 Å². The van der Waals surface area contributed by atoms with E-state index in [2.05, 4.69) is 15.5 Å². The summed E-state index contributed by atoms with van der Waals surface area (Å²) >= 11 is 7.22. The van der Waals surface area contributed by atoms with Crippen molar-refractivity contribution in [2.24, 2.45) is 7.05 Å². The Bertz CT molecular complexity index is 886. The lowest BCUT2D eigenvalue weighted by molar-refractivity contribution is -0.113. The Balaban J connectivity index is 1.52. The summed E-state index contributed by atoms with van der Waals surface area (Å²) in [6.45, 7) is 0.308. The van der Waals surface area contributed by atoms with Gasteiger partial charge in [-0.05, 0) is 30.3 Å². The van der Waals surface area contributed by atoms with Gasteiger partial charge < -0.3 is 14.6 Å². The number of hydrogen-bond donors (Lipinski definition) is 1. The molecule has 0 aliphatic carbocycles. The van der Waals surface area contributed by atoms with Gasteiger partial charge in [0.05, 0.1) is 5.75 Å². The van der Waals surface area contributed by atoms with Crippen LogP contribution in [0.4, 0.5) is 5.69 Å². The molecule has 2 aromatic carbocycles. The fourth-order valence-corrected chi connectivity index (χ4v) is 3.07. The van der Waals surface area contributed by atoms with Crippen LogP contribution in [0.5, 0.6) is 5.75 Å². The van der Waals surface area contributed by atoms with Crippen molar-refractivity contribution in [3.63, 3.8) is 0 Å². The summed E-state index contributed by atoms with van der Waals surface area (Å²) in [5.41, 5.74) is 0.665. The van der Waals surface area contributed by atoms with Crippen molar-refractivity contribution in [3.05, 3.63) is 65.4 Å². The number of carbonyl (C=O) groups is 1. The number of rotatable bonds is 7. The van der Waals surface area contributed by atoms with Gasteiger partial charge in [0.1, 0.15) is 12.4 Å². The van der Waals surface area contributed by atoms with Crippen LogP contribution >= 0.6 is 23.4 Å². The summed E-state index contributed by atoms with van der Waals surface area (Å²) < 4.78 is 7.50. The number of halogens is 1. The van der Waals surface area contributed by atoms with Crippen LogP contribution in [0.25, 0.3) is 0 Å². The average molecular weight is 389 g/mol. The number of aromatic nitrogens is 3. The molecule has 0 aliphatic rings. The molecule has 3 aromatic rings. The van der Waals surface area contributed by atoms with Gasteiger partial charge in [-0.15, -0.1) is 10.2 Å². The smallest absolute Gasteiger partial charge is 0.234 e. The van der Waals surface area contributed by atoms with Crippen molar-refractivity contribution in [2.75, 3.05) is 11.1 Å². The third-order valence-electron chi connectivity index (χ3n) is 3.48. The molecule has 1 heterocycles. The minimum Gasteiger partial charge on any atom is -0.486 e. The van der Waals surface area contributed by atoms with Crippen molar-refractivity contribution in [1.29, 1.82) is 0 Å². The number of para-hydroxylation sites is 1. The van der Waals surface area contributed by atoms with Crippen LogP contribution in [0.15, 0.2) is 59.8 Å². The van der Waals surface area contributed by atoms with Gasteiger partial charge in [-0.3, -0.25) is 4.79 Å². The molecule has 0 atom stereocenters. The average Bonchev–Trinajstić information content (AvgIpc) is 2.99. The van der Waals surface area contributed by atoms with Crippen molar-refractivity contribution in [1.82, 2.24) is 14.8 Å². The number of amides is 1. The molecular formula is C18H17ClN4O2S. The summed E-state index contributed by atoms with van der Waals surface area (Å²) in [6, 6.07) is 16.5. The number of carbonyl (C=O) groups excluding carboxylic acids is 1. The third-order valence-corrected chi connectivity index (χ3v) is 4.73. The second-order valence-corrected chi connectivity index (χ2v) is 6.79. The molecule has 26 heavy (non-hydrogen) atoms. The van der Waals surface area contributed by atoms with E-state index in [1.54, 1.807) is 24.3 Å². The van der Waals surface area contributed by atoms with Crippen molar-refractivity contribution in [2.45, 2.75) is 11.8 Å². The summed E-state index contributed by atoms with van der Waals surface area (Å²) in [5, 5.41) is 12.3. The van der Waals surface area contributed by atoms with E-state index in [9.17, 15) is 4.79 Å². The minimum atomic E-state index is -0.137. The van der Waals surface area contributed by atoms with Gasteiger partial charge in [0.15, 0.2) is 11.0 Å². The quantitative estimate of drug-likeness (QED) is 0.624. The van der Waals surface area contributed by atoms with E-state index >= 15 is 0 Å². The summed E-state index contributed by atoms with van der Waals surface area (Å²) in [6.07, 6.45) is 0. The molecule has 1 aromatic heterocycles. The second kappa shape index (κ2) is 8.73. The maximum Gasteiger partial charge on any atom is 0.234 e. The van der Waals surface area contributed by atoms with Crippen molar-refractivity contribution < 1.29 is 9.53 Å². The molecule has 1 amide bonds. The number of anilines is 1. The topological polar surface area (TPSA) is 69.0 Å². The van der Waals surface area contributed by atoms with Gasteiger partial charge in [-0.25, -0.2) is 0 Å². The summed E-state index contributed by atoms with van der Waals surface area (Å²) in [4.78, 5) is 12.1. The highest BCUT2D eigenvalue weighted by atomic mass is 35.5. The van der Waals surface area contributed by atoms with Crippen LogP contribution in [-0.4, -0.2) is 26.4 Å². The SMILES string of the molecule is Cn1c(COc2ccccc2)nnc1SCC(=O)Nc1cccc(Cl)c1. The molecule has 0 unspecified atom stereocenters. The van der Waals surface area contributed by atoms with E-state index in [0.29, 0.717) is 28.3 Å². The first-order chi connectivity index (χ1) is 12.6. The Morgan fingerprint density at radius 2 is 2.00 bits per heavy atom. The molecule has 0 bridgehead atoms. The van der Waals surface area contributed by atoms with Gasteiger partial charge in [0, 0.05) is 17.8 Å². The van der Waals surface area contributed by atoms with Crippen molar-refractivity contribution in [3.8, 4) is 5.75 Å². The maximum atomic E-state index is 12.1. The summed E-state index contributed by atoms with van der Waals surface area (Å²) in [5.74, 6) is 1.54. The number of nitrogens with zero attached hydrogens (tertiary/aromatic N) is 3. The standard InChI is InChI=1S/C18H17ClN4O2S/c1-23-16(11-25-15-8-3-2-4-9-15)21-22-18(23)26-12-17(24)20-14-7-5-6-13(19)10-14/h2-10H,11-12H2,1H3,(H,20,24). The van der Waals surface area contributed by atoms with Crippen LogP contribution in [0, 0.1) is 0 Å². The van der Waals surface area contributed by atoms with E-state index in [1.165, 1.54) is 11.8 Å². The van der Waals surface area contributed by atoms with E-state index in [-0.39, 0.29) is 11.7 Å². The van der Waals surface area contributed by atoms with Gasteiger partial charge in [-0.1, -0.05) is 47.6 Å². The zero-order valence-corrected chi connectivity index (χ0v) is 15.6. The number of thioether (sulfide) groups is 1. The molecule has 3 rings (SSSR count). The normalized spacial score (nSPS) is 10.5. The Morgan fingerprint density at radius 1 is 1.19 bits per heavy atom.